The van der Waals surface area contributed by atoms with Crippen molar-refractivity contribution < 1.29 is 4.39 Å². The standard InChI is InChI=1S/C14H16ClFN2S/c1-17-8-10-3-5-13(12(16)7-10)18(2)9-11-4-6-14(15)19-11/h3-7,17H,8-9H2,1-2H3. The maximum Gasteiger partial charge on any atom is 0.146 e. The van der Waals surface area contributed by atoms with Gasteiger partial charge in [0.1, 0.15) is 5.82 Å². The largest absolute Gasteiger partial charge is 0.367 e. The first-order chi connectivity index (χ1) is 9.10. The predicted molar refractivity (Wildman–Crippen MR) is 80.6 cm³/mol. The Balaban J connectivity index is 2.12. The average molecular weight is 299 g/mol. The second kappa shape index (κ2) is 6.37. The first kappa shape index (κ1) is 14.3. The average Bonchev–Trinajstić information content (AvgIpc) is 2.75. The summed E-state index contributed by atoms with van der Waals surface area (Å²) in [7, 11) is 3.72. The summed E-state index contributed by atoms with van der Waals surface area (Å²) in [5.74, 6) is -0.196. The van der Waals surface area contributed by atoms with E-state index in [1.165, 1.54) is 11.3 Å². The van der Waals surface area contributed by atoms with Crippen molar-refractivity contribution in [3.63, 3.8) is 0 Å². The fourth-order valence-electron chi connectivity index (χ4n) is 1.93. The number of benzene rings is 1. The summed E-state index contributed by atoms with van der Waals surface area (Å²) in [5.41, 5.74) is 1.54. The van der Waals surface area contributed by atoms with Gasteiger partial charge < -0.3 is 10.2 Å². The van der Waals surface area contributed by atoms with Gasteiger partial charge in [-0.2, -0.15) is 0 Å². The quantitative estimate of drug-likeness (QED) is 0.901. The van der Waals surface area contributed by atoms with E-state index >= 15 is 0 Å². The van der Waals surface area contributed by atoms with E-state index in [-0.39, 0.29) is 5.82 Å². The van der Waals surface area contributed by atoms with Gasteiger partial charge in [-0.05, 0) is 36.9 Å². The van der Waals surface area contributed by atoms with Crippen LogP contribution in [0.25, 0.3) is 0 Å². The molecule has 0 atom stereocenters. The summed E-state index contributed by atoms with van der Waals surface area (Å²) >= 11 is 7.41. The van der Waals surface area contributed by atoms with Crippen LogP contribution in [0.4, 0.5) is 10.1 Å². The number of halogens is 2. The van der Waals surface area contributed by atoms with Gasteiger partial charge in [0, 0.05) is 18.5 Å². The molecule has 0 aliphatic heterocycles. The molecular weight excluding hydrogens is 283 g/mol. The van der Waals surface area contributed by atoms with Gasteiger partial charge in [0.05, 0.1) is 16.6 Å². The molecule has 1 aromatic heterocycles. The molecule has 0 amide bonds. The van der Waals surface area contributed by atoms with Gasteiger partial charge in [-0.1, -0.05) is 17.7 Å². The van der Waals surface area contributed by atoms with Crippen LogP contribution in [0, 0.1) is 5.82 Å². The zero-order valence-electron chi connectivity index (χ0n) is 10.9. The minimum atomic E-state index is -0.196. The molecule has 5 heteroatoms. The molecule has 102 valence electrons. The maximum atomic E-state index is 14.0. The van der Waals surface area contributed by atoms with Crippen LogP contribution in [0.5, 0.6) is 0 Å². The second-order valence-electron chi connectivity index (χ2n) is 4.38. The van der Waals surface area contributed by atoms with E-state index in [1.54, 1.807) is 6.07 Å². The van der Waals surface area contributed by atoms with Gasteiger partial charge in [-0.15, -0.1) is 11.3 Å². The third-order valence-corrected chi connectivity index (χ3v) is 4.04. The normalized spacial score (nSPS) is 10.7. The molecule has 0 radical (unpaired) electrons. The Kier molecular flexibility index (Phi) is 4.80. The Bertz CT molecular complexity index is 556. The lowest BCUT2D eigenvalue weighted by Crippen LogP contribution is -2.17. The number of nitrogens with one attached hydrogen (secondary N) is 1. The van der Waals surface area contributed by atoms with Gasteiger partial charge in [0.2, 0.25) is 0 Å². The molecule has 0 fully saturated rings. The number of anilines is 1. The van der Waals surface area contributed by atoms with Crippen LogP contribution in [0.1, 0.15) is 10.4 Å². The van der Waals surface area contributed by atoms with E-state index in [0.29, 0.717) is 18.8 Å². The predicted octanol–water partition coefficient (Wildman–Crippen LogP) is 3.90. The van der Waals surface area contributed by atoms with Gasteiger partial charge in [-0.25, -0.2) is 4.39 Å². The van der Waals surface area contributed by atoms with E-state index in [9.17, 15) is 4.39 Å². The summed E-state index contributed by atoms with van der Waals surface area (Å²) in [6, 6.07) is 9.16. The van der Waals surface area contributed by atoms with Crippen LogP contribution in [0.2, 0.25) is 4.34 Å². The molecule has 0 saturated heterocycles. The Labute approximate surface area is 121 Å². The fraction of sp³-hybridized carbons (Fsp3) is 0.286. The number of hydrogen-bond acceptors (Lipinski definition) is 3. The summed E-state index contributed by atoms with van der Waals surface area (Å²) in [5, 5.41) is 3.01. The Morgan fingerprint density at radius 1 is 1.32 bits per heavy atom. The second-order valence-corrected chi connectivity index (χ2v) is 6.18. The van der Waals surface area contributed by atoms with Crippen molar-refractivity contribution in [1.82, 2.24) is 5.32 Å². The lowest BCUT2D eigenvalue weighted by molar-refractivity contribution is 0.618. The lowest BCUT2D eigenvalue weighted by atomic mass is 10.2. The van der Waals surface area contributed by atoms with Crippen molar-refractivity contribution in [2.75, 3.05) is 19.0 Å². The number of hydrogen-bond donors (Lipinski definition) is 1. The third-order valence-electron chi connectivity index (χ3n) is 2.83. The van der Waals surface area contributed by atoms with Crippen molar-refractivity contribution in [3.8, 4) is 0 Å². The summed E-state index contributed by atoms with van der Waals surface area (Å²) in [4.78, 5) is 3.01. The van der Waals surface area contributed by atoms with Crippen LogP contribution in [-0.2, 0) is 13.1 Å². The molecule has 2 rings (SSSR count). The first-order valence-electron chi connectivity index (χ1n) is 5.98. The molecule has 0 saturated carbocycles. The van der Waals surface area contributed by atoms with Crippen LogP contribution < -0.4 is 10.2 Å². The fourth-order valence-corrected chi connectivity index (χ4v) is 3.07. The van der Waals surface area contributed by atoms with E-state index in [0.717, 1.165) is 14.8 Å². The number of thiophene rings is 1. The molecule has 0 spiro atoms. The smallest absolute Gasteiger partial charge is 0.146 e. The molecule has 0 unspecified atom stereocenters. The molecule has 1 heterocycles. The summed E-state index contributed by atoms with van der Waals surface area (Å²) in [6.45, 7) is 1.32. The van der Waals surface area contributed by atoms with E-state index in [2.05, 4.69) is 5.32 Å². The minimum absolute atomic E-state index is 0.196. The van der Waals surface area contributed by atoms with Crippen molar-refractivity contribution in [1.29, 1.82) is 0 Å². The molecule has 1 N–H and O–H groups in total. The molecule has 2 aromatic rings. The molecule has 1 aromatic carbocycles. The molecule has 0 aliphatic carbocycles. The van der Waals surface area contributed by atoms with Crippen molar-refractivity contribution in [2.45, 2.75) is 13.1 Å². The molecule has 0 bridgehead atoms. The molecule has 2 nitrogen and oxygen atoms in total. The zero-order valence-corrected chi connectivity index (χ0v) is 12.5. The summed E-state index contributed by atoms with van der Waals surface area (Å²) in [6.07, 6.45) is 0. The van der Waals surface area contributed by atoms with Crippen molar-refractivity contribution in [2.24, 2.45) is 0 Å². The van der Waals surface area contributed by atoms with E-state index < -0.39 is 0 Å². The molecule has 19 heavy (non-hydrogen) atoms. The van der Waals surface area contributed by atoms with Crippen LogP contribution >= 0.6 is 22.9 Å². The Morgan fingerprint density at radius 2 is 2.11 bits per heavy atom. The Hall–Kier alpha value is -1.10. The van der Waals surface area contributed by atoms with Crippen LogP contribution in [0.15, 0.2) is 30.3 Å². The van der Waals surface area contributed by atoms with Crippen LogP contribution in [0.3, 0.4) is 0 Å². The van der Waals surface area contributed by atoms with Gasteiger partial charge >= 0.3 is 0 Å². The number of rotatable bonds is 5. The maximum absolute atomic E-state index is 14.0. The monoisotopic (exact) mass is 298 g/mol. The topological polar surface area (TPSA) is 15.3 Å². The van der Waals surface area contributed by atoms with E-state index in [4.69, 9.17) is 11.6 Å². The third kappa shape index (κ3) is 3.69. The Morgan fingerprint density at radius 3 is 2.68 bits per heavy atom. The highest BCUT2D eigenvalue weighted by atomic mass is 35.5. The van der Waals surface area contributed by atoms with Gasteiger partial charge in [-0.3, -0.25) is 0 Å². The minimum Gasteiger partial charge on any atom is -0.367 e. The SMILES string of the molecule is CNCc1ccc(N(C)Cc2ccc(Cl)s2)c(F)c1. The zero-order chi connectivity index (χ0) is 13.8. The lowest BCUT2D eigenvalue weighted by Gasteiger charge is -2.19. The first-order valence-corrected chi connectivity index (χ1v) is 7.18. The molecule has 0 aliphatic rings. The highest BCUT2D eigenvalue weighted by Crippen LogP contribution is 2.26. The highest BCUT2D eigenvalue weighted by Gasteiger charge is 2.10. The molecular formula is C14H16ClFN2S. The van der Waals surface area contributed by atoms with E-state index in [1.807, 2.05) is 43.3 Å². The summed E-state index contributed by atoms with van der Waals surface area (Å²) < 4.78 is 14.8. The van der Waals surface area contributed by atoms with Crippen molar-refractivity contribution >= 4 is 28.6 Å². The van der Waals surface area contributed by atoms with Crippen LogP contribution in [-0.4, -0.2) is 14.1 Å². The number of nitrogens with zero attached hydrogens (tertiary/aromatic N) is 1. The van der Waals surface area contributed by atoms with Gasteiger partial charge in [0.25, 0.3) is 0 Å². The van der Waals surface area contributed by atoms with Crippen molar-refractivity contribution in [3.05, 3.63) is 50.9 Å². The van der Waals surface area contributed by atoms with Gasteiger partial charge in [0.15, 0.2) is 0 Å². The highest BCUT2D eigenvalue weighted by molar-refractivity contribution is 7.16.